The van der Waals surface area contributed by atoms with E-state index in [0.29, 0.717) is 23.3 Å². The number of nitrogens with one attached hydrogen (secondary N) is 1. The average molecular weight is 386 g/mol. The van der Waals surface area contributed by atoms with E-state index in [4.69, 9.17) is 4.74 Å². The first-order chi connectivity index (χ1) is 13.0. The zero-order chi connectivity index (χ0) is 18.6. The normalized spacial score (nSPS) is 35.0. The highest BCUT2D eigenvalue weighted by molar-refractivity contribution is 7.89. The fourth-order valence-electron chi connectivity index (χ4n) is 6.30. The summed E-state index contributed by atoms with van der Waals surface area (Å²) in [6.45, 7) is 0.382. The summed E-state index contributed by atoms with van der Waals surface area (Å²) in [6.07, 6.45) is 6.14. The molecule has 4 aliphatic rings. The number of ether oxygens (including phenoxy) is 1. The summed E-state index contributed by atoms with van der Waals surface area (Å²) in [5.74, 6) is 2.62. The van der Waals surface area contributed by atoms with Crippen LogP contribution >= 0.6 is 0 Å². The Bertz CT molecular complexity index is 940. The van der Waals surface area contributed by atoms with Gasteiger partial charge in [0, 0.05) is 13.7 Å². The molecule has 4 nitrogen and oxygen atoms in total. The van der Waals surface area contributed by atoms with Crippen LogP contribution in [0.4, 0.5) is 0 Å². The van der Waals surface area contributed by atoms with Crippen molar-refractivity contribution in [2.45, 2.75) is 42.6 Å². The van der Waals surface area contributed by atoms with Crippen LogP contribution in [0.25, 0.3) is 10.8 Å². The van der Waals surface area contributed by atoms with Crippen LogP contribution in [0.2, 0.25) is 0 Å². The van der Waals surface area contributed by atoms with E-state index < -0.39 is 10.0 Å². The molecule has 144 valence electrons. The Hall–Kier alpha value is -1.43. The Morgan fingerprint density at radius 2 is 1.59 bits per heavy atom. The van der Waals surface area contributed by atoms with Gasteiger partial charge in [-0.25, -0.2) is 13.1 Å². The smallest absolute Gasteiger partial charge is 0.240 e. The van der Waals surface area contributed by atoms with Crippen LogP contribution < -0.4 is 4.72 Å². The second-order valence-electron chi connectivity index (χ2n) is 8.80. The van der Waals surface area contributed by atoms with Crippen LogP contribution in [0.5, 0.6) is 0 Å². The van der Waals surface area contributed by atoms with E-state index in [1.54, 1.807) is 19.2 Å². The lowest BCUT2D eigenvalue weighted by Gasteiger charge is -2.60. The van der Waals surface area contributed by atoms with Crippen molar-refractivity contribution in [1.82, 2.24) is 4.72 Å². The summed E-state index contributed by atoms with van der Waals surface area (Å²) in [7, 11) is -1.79. The lowest BCUT2D eigenvalue weighted by atomic mass is 9.50. The maximum atomic E-state index is 13.0. The SMILES string of the molecule is COC1(CNS(=O)(=O)c2ccc3ccccc3c2)C2CC3CC(C2)CC1C3. The van der Waals surface area contributed by atoms with Gasteiger partial charge in [0.05, 0.1) is 10.5 Å². The highest BCUT2D eigenvalue weighted by Crippen LogP contribution is 2.59. The van der Waals surface area contributed by atoms with Gasteiger partial charge < -0.3 is 4.74 Å². The third-order valence-electron chi connectivity index (χ3n) is 7.47. The molecule has 1 N–H and O–H groups in total. The van der Waals surface area contributed by atoms with Crippen LogP contribution in [-0.2, 0) is 14.8 Å². The fourth-order valence-corrected chi connectivity index (χ4v) is 7.41. The Labute approximate surface area is 161 Å². The Balaban J connectivity index is 1.40. The predicted octanol–water partition coefficient (Wildman–Crippen LogP) is 3.96. The molecule has 0 amide bonds. The van der Waals surface area contributed by atoms with E-state index in [0.717, 1.165) is 22.6 Å². The van der Waals surface area contributed by atoms with Crippen molar-refractivity contribution in [2.75, 3.05) is 13.7 Å². The maximum absolute atomic E-state index is 13.0. The van der Waals surface area contributed by atoms with Crippen molar-refractivity contribution in [3.05, 3.63) is 42.5 Å². The maximum Gasteiger partial charge on any atom is 0.240 e. The molecule has 0 saturated heterocycles. The summed E-state index contributed by atoms with van der Waals surface area (Å²) < 4.78 is 35.0. The molecule has 27 heavy (non-hydrogen) atoms. The quantitative estimate of drug-likeness (QED) is 0.848. The van der Waals surface area contributed by atoms with Crippen LogP contribution in [-0.4, -0.2) is 27.7 Å². The minimum absolute atomic E-state index is 0.330. The number of sulfonamides is 1. The lowest BCUT2D eigenvalue weighted by Crippen LogP contribution is -2.63. The minimum Gasteiger partial charge on any atom is -0.376 e. The molecule has 0 aliphatic heterocycles. The number of hydrogen-bond acceptors (Lipinski definition) is 3. The molecule has 4 saturated carbocycles. The number of methoxy groups -OCH3 is 1. The lowest BCUT2D eigenvalue weighted by molar-refractivity contribution is -0.185. The molecule has 4 aliphatic carbocycles. The van der Waals surface area contributed by atoms with Crippen molar-refractivity contribution in [2.24, 2.45) is 23.7 Å². The van der Waals surface area contributed by atoms with Gasteiger partial charge in [0.15, 0.2) is 0 Å². The zero-order valence-electron chi connectivity index (χ0n) is 15.7. The molecule has 0 aromatic heterocycles. The fraction of sp³-hybridized carbons (Fsp3) is 0.545. The molecule has 0 heterocycles. The molecule has 0 atom stereocenters. The van der Waals surface area contributed by atoms with Crippen molar-refractivity contribution in [3.8, 4) is 0 Å². The minimum atomic E-state index is -3.56. The van der Waals surface area contributed by atoms with Gasteiger partial charge in [-0.3, -0.25) is 0 Å². The first-order valence-corrected chi connectivity index (χ1v) is 11.5. The Morgan fingerprint density at radius 1 is 0.963 bits per heavy atom. The Morgan fingerprint density at radius 3 is 2.22 bits per heavy atom. The molecule has 4 bridgehead atoms. The highest BCUT2D eigenvalue weighted by atomic mass is 32.2. The number of hydrogen-bond donors (Lipinski definition) is 1. The molecule has 4 fully saturated rings. The third kappa shape index (κ3) is 2.82. The molecule has 0 radical (unpaired) electrons. The Kier molecular flexibility index (Phi) is 4.12. The van der Waals surface area contributed by atoms with Gasteiger partial charge in [0.25, 0.3) is 0 Å². The van der Waals surface area contributed by atoms with Gasteiger partial charge in [-0.05, 0) is 78.7 Å². The predicted molar refractivity (Wildman–Crippen MR) is 106 cm³/mol. The summed E-state index contributed by atoms with van der Waals surface area (Å²) in [5, 5.41) is 1.99. The van der Waals surface area contributed by atoms with Crippen LogP contribution in [0, 0.1) is 23.7 Å². The van der Waals surface area contributed by atoms with Gasteiger partial charge in [0.2, 0.25) is 10.0 Å². The van der Waals surface area contributed by atoms with E-state index in [9.17, 15) is 8.42 Å². The number of rotatable bonds is 5. The molecule has 2 aromatic rings. The molecule has 2 aromatic carbocycles. The summed E-state index contributed by atoms with van der Waals surface area (Å²) in [4.78, 5) is 0.330. The summed E-state index contributed by atoms with van der Waals surface area (Å²) >= 11 is 0. The zero-order valence-corrected chi connectivity index (χ0v) is 16.5. The molecule has 0 unspecified atom stereocenters. The summed E-state index contributed by atoms with van der Waals surface area (Å²) in [5.41, 5.74) is -0.336. The first-order valence-electron chi connectivity index (χ1n) is 10.0. The van der Waals surface area contributed by atoms with Crippen molar-refractivity contribution < 1.29 is 13.2 Å². The topological polar surface area (TPSA) is 55.4 Å². The van der Waals surface area contributed by atoms with Gasteiger partial charge >= 0.3 is 0 Å². The van der Waals surface area contributed by atoms with Crippen LogP contribution in [0.15, 0.2) is 47.4 Å². The summed E-state index contributed by atoms with van der Waals surface area (Å²) in [6, 6.07) is 13.2. The second-order valence-corrected chi connectivity index (χ2v) is 10.6. The van der Waals surface area contributed by atoms with Crippen LogP contribution in [0.1, 0.15) is 32.1 Å². The van der Waals surface area contributed by atoms with Crippen molar-refractivity contribution in [3.63, 3.8) is 0 Å². The standard InChI is InChI=1S/C22H27NO3S/c1-26-22(19-9-15-8-16(11-19)12-20(22)10-15)14-23-27(24,25)21-7-6-17-4-2-3-5-18(17)13-21/h2-7,13,15-16,19-20,23H,8-12,14H2,1H3. The van der Waals surface area contributed by atoms with Gasteiger partial charge in [-0.1, -0.05) is 30.3 Å². The second kappa shape index (κ2) is 6.29. The number of fused-ring (bicyclic) bond motifs is 1. The van der Waals surface area contributed by atoms with Crippen LogP contribution in [0.3, 0.4) is 0 Å². The molecule has 0 spiro atoms. The van der Waals surface area contributed by atoms with Gasteiger partial charge in [0.1, 0.15) is 0 Å². The first kappa shape index (κ1) is 17.7. The average Bonchev–Trinajstić information content (AvgIpc) is 2.67. The molecule has 6 rings (SSSR count). The van der Waals surface area contributed by atoms with E-state index in [-0.39, 0.29) is 5.60 Å². The highest BCUT2D eigenvalue weighted by Gasteiger charge is 2.57. The third-order valence-corrected chi connectivity index (χ3v) is 8.87. The molecular formula is C22H27NO3S. The van der Waals surface area contributed by atoms with Crippen molar-refractivity contribution >= 4 is 20.8 Å². The van der Waals surface area contributed by atoms with Gasteiger partial charge in [-0.15, -0.1) is 0 Å². The van der Waals surface area contributed by atoms with Gasteiger partial charge in [-0.2, -0.15) is 0 Å². The molecular weight excluding hydrogens is 358 g/mol. The van der Waals surface area contributed by atoms with E-state index in [1.165, 1.54) is 32.1 Å². The number of benzene rings is 2. The van der Waals surface area contributed by atoms with E-state index >= 15 is 0 Å². The molecule has 5 heteroatoms. The van der Waals surface area contributed by atoms with E-state index in [2.05, 4.69) is 4.72 Å². The van der Waals surface area contributed by atoms with E-state index in [1.807, 2.05) is 30.3 Å². The largest absolute Gasteiger partial charge is 0.376 e. The van der Waals surface area contributed by atoms with Crippen molar-refractivity contribution in [1.29, 1.82) is 0 Å². The monoisotopic (exact) mass is 385 g/mol.